The zero-order valence-electron chi connectivity index (χ0n) is 13.2. The predicted molar refractivity (Wildman–Crippen MR) is 85.1 cm³/mol. The standard InChI is InChI=1S/C16H24N4/c1-9-7-10(2)12(11(3)8-9)13-14(17)20(18)15(19-13)16(4,5)6/h7-8H,17-18H2,1-6H3. The quantitative estimate of drug-likeness (QED) is 0.784. The van der Waals surface area contributed by atoms with Gasteiger partial charge < -0.3 is 11.6 Å². The predicted octanol–water partition coefficient (Wildman–Crippen LogP) is 3.07. The minimum atomic E-state index is -0.145. The maximum atomic E-state index is 6.18. The van der Waals surface area contributed by atoms with Crippen molar-refractivity contribution in [2.75, 3.05) is 11.6 Å². The molecule has 0 atom stereocenters. The van der Waals surface area contributed by atoms with Crippen molar-refractivity contribution >= 4 is 5.82 Å². The molecule has 0 amide bonds. The number of imidazole rings is 1. The van der Waals surface area contributed by atoms with E-state index in [1.54, 1.807) is 0 Å². The van der Waals surface area contributed by atoms with Gasteiger partial charge in [-0.2, -0.15) is 0 Å². The zero-order valence-corrected chi connectivity index (χ0v) is 13.2. The Morgan fingerprint density at radius 2 is 1.55 bits per heavy atom. The number of benzene rings is 1. The Morgan fingerprint density at radius 1 is 1.05 bits per heavy atom. The number of nitrogens with zero attached hydrogens (tertiary/aromatic N) is 2. The molecule has 0 saturated heterocycles. The van der Waals surface area contributed by atoms with Gasteiger partial charge in [0.25, 0.3) is 0 Å². The minimum absolute atomic E-state index is 0.145. The topological polar surface area (TPSA) is 69.9 Å². The molecule has 0 aliphatic rings. The van der Waals surface area contributed by atoms with Crippen molar-refractivity contribution in [2.45, 2.75) is 47.0 Å². The number of aryl methyl sites for hydroxylation is 3. The highest BCUT2D eigenvalue weighted by Crippen LogP contribution is 2.34. The van der Waals surface area contributed by atoms with Crippen LogP contribution >= 0.6 is 0 Å². The summed E-state index contributed by atoms with van der Waals surface area (Å²) in [5.41, 5.74) is 11.5. The molecular formula is C16H24N4. The molecule has 0 saturated carbocycles. The molecule has 0 aliphatic heterocycles. The number of hydrogen-bond acceptors (Lipinski definition) is 3. The van der Waals surface area contributed by atoms with E-state index in [2.05, 4.69) is 53.7 Å². The molecule has 0 spiro atoms. The van der Waals surface area contributed by atoms with E-state index in [4.69, 9.17) is 16.6 Å². The molecule has 0 aliphatic carbocycles. The summed E-state index contributed by atoms with van der Waals surface area (Å²) in [6.45, 7) is 12.5. The highest BCUT2D eigenvalue weighted by Gasteiger charge is 2.25. The summed E-state index contributed by atoms with van der Waals surface area (Å²) >= 11 is 0. The third-order valence-electron chi connectivity index (χ3n) is 3.53. The average molecular weight is 272 g/mol. The van der Waals surface area contributed by atoms with E-state index in [1.165, 1.54) is 21.4 Å². The molecule has 1 heterocycles. The fourth-order valence-electron chi connectivity index (χ4n) is 2.71. The summed E-state index contributed by atoms with van der Waals surface area (Å²) in [5, 5.41) is 0. The molecule has 4 nitrogen and oxygen atoms in total. The summed E-state index contributed by atoms with van der Waals surface area (Å²) in [6, 6.07) is 4.29. The summed E-state index contributed by atoms with van der Waals surface area (Å²) in [7, 11) is 0. The van der Waals surface area contributed by atoms with Gasteiger partial charge in [0.15, 0.2) is 5.82 Å². The lowest BCUT2D eigenvalue weighted by molar-refractivity contribution is 0.532. The Kier molecular flexibility index (Phi) is 3.28. The SMILES string of the molecule is Cc1cc(C)c(-c2nc(C(C)(C)C)n(N)c2N)c(C)c1. The first-order chi connectivity index (χ1) is 9.12. The van der Waals surface area contributed by atoms with Crippen LogP contribution < -0.4 is 11.6 Å². The summed E-state index contributed by atoms with van der Waals surface area (Å²) < 4.78 is 1.51. The van der Waals surface area contributed by atoms with E-state index in [-0.39, 0.29) is 5.41 Å². The third kappa shape index (κ3) is 2.26. The van der Waals surface area contributed by atoms with E-state index >= 15 is 0 Å². The molecule has 0 bridgehead atoms. The zero-order chi connectivity index (χ0) is 15.2. The van der Waals surface area contributed by atoms with E-state index in [9.17, 15) is 0 Å². The van der Waals surface area contributed by atoms with Gasteiger partial charge in [-0.1, -0.05) is 38.5 Å². The molecular weight excluding hydrogens is 248 g/mol. The fraction of sp³-hybridized carbons (Fsp3) is 0.438. The summed E-state index contributed by atoms with van der Waals surface area (Å²) in [4.78, 5) is 4.72. The van der Waals surface area contributed by atoms with Gasteiger partial charge in [0, 0.05) is 11.0 Å². The van der Waals surface area contributed by atoms with Gasteiger partial charge >= 0.3 is 0 Å². The molecule has 2 aromatic rings. The van der Waals surface area contributed by atoms with Crippen molar-refractivity contribution in [2.24, 2.45) is 0 Å². The van der Waals surface area contributed by atoms with Crippen LogP contribution in [0.15, 0.2) is 12.1 Å². The number of rotatable bonds is 1. The third-order valence-corrected chi connectivity index (χ3v) is 3.53. The van der Waals surface area contributed by atoms with Crippen LogP contribution in [0.3, 0.4) is 0 Å². The molecule has 0 unspecified atom stereocenters. The van der Waals surface area contributed by atoms with Crippen molar-refractivity contribution in [3.63, 3.8) is 0 Å². The van der Waals surface area contributed by atoms with Crippen molar-refractivity contribution in [3.05, 3.63) is 34.6 Å². The van der Waals surface area contributed by atoms with Crippen molar-refractivity contribution in [3.8, 4) is 11.3 Å². The molecule has 1 aromatic heterocycles. The Balaban J connectivity index is 2.72. The summed E-state index contributed by atoms with van der Waals surface area (Å²) in [6.07, 6.45) is 0. The van der Waals surface area contributed by atoms with Gasteiger partial charge in [-0.05, 0) is 31.9 Å². The van der Waals surface area contributed by atoms with Crippen LogP contribution in [0.2, 0.25) is 0 Å². The fourth-order valence-corrected chi connectivity index (χ4v) is 2.71. The van der Waals surface area contributed by atoms with E-state index in [1.807, 2.05) is 0 Å². The van der Waals surface area contributed by atoms with Gasteiger partial charge in [-0.3, -0.25) is 0 Å². The molecule has 0 radical (unpaired) electrons. The average Bonchev–Trinajstić information content (AvgIpc) is 2.55. The number of nitrogens with two attached hydrogens (primary N) is 2. The molecule has 1 aromatic carbocycles. The molecule has 0 fully saturated rings. The van der Waals surface area contributed by atoms with Gasteiger partial charge in [0.2, 0.25) is 0 Å². The Bertz CT molecular complexity index is 637. The van der Waals surface area contributed by atoms with E-state index in [0.717, 1.165) is 17.1 Å². The maximum Gasteiger partial charge on any atom is 0.150 e. The molecule has 20 heavy (non-hydrogen) atoms. The lowest BCUT2D eigenvalue weighted by Gasteiger charge is -2.17. The van der Waals surface area contributed by atoms with Crippen molar-refractivity contribution < 1.29 is 0 Å². The van der Waals surface area contributed by atoms with Crippen LogP contribution in [0, 0.1) is 20.8 Å². The largest absolute Gasteiger partial charge is 0.382 e. The van der Waals surface area contributed by atoms with Gasteiger partial charge in [-0.25, -0.2) is 9.66 Å². The highest BCUT2D eigenvalue weighted by molar-refractivity contribution is 5.77. The van der Waals surface area contributed by atoms with Gasteiger partial charge in [0.05, 0.1) is 0 Å². The first-order valence-electron chi connectivity index (χ1n) is 6.85. The summed E-state index contributed by atoms with van der Waals surface area (Å²) in [5.74, 6) is 7.40. The van der Waals surface area contributed by atoms with Crippen LogP contribution in [0.5, 0.6) is 0 Å². The van der Waals surface area contributed by atoms with Crippen LogP contribution in [-0.4, -0.2) is 9.66 Å². The number of hydrogen-bond donors (Lipinski definition) is 2. The highest BCUT2D eigenvalue weighted by atomic mass is 15.4. The number of aromatic nitrogens is 2. The number of nitrogen functional groups attached to an aromatic ring is 2. The van der Waals surface area contributed by atoms with Crippen LogP contribution in [0.1, 0.15) is 43.3 Å². The van der Waals surface area contributed by atoms with Gasteiger partial charge in [0.1, 0.15) is 11.5 Å². The maximum absolute atomic E-state index is 6.18. The smallest absolute Gasteiger partial charge is 0.150 e. The van der Waals surface area contributed by atoms with Crippen molar-refractivity contribution in [1.29, 1.82) is 0 Å². The lowest BCUT2D eigenvalue weighted by atomic mass is 9.95. The van der Waals surface area contributed by atoms with Gasteiger partial charge in [-0.15, -0.1) is 0 Å². The second-order valence-corrected chi connectivity index (χ2v) is 6.56. The van der Waals surface area contributed by atoms with Crippen LogP contribution in [-0.2, 0) is 5.41 Å². The lowest BCUT2D eigenvalue weighted by Crippen LogP contribution is -2.24. The molecule has 108 valence electrons. The molecule has 2 rings (SSSR count). The molecule has 4 N–H and O–H groups in total. The van der Waals surface area contributed by atoms with E-state index in [0.29, 0.717) is 5.82 Å². The monoisotopic (exact) mass is 272 g/mol. The minimum Gasteiger partial charge on any atom is -0.382 e. The van der Waals surface area contributed by atoms with Crippen molar-refractivity contribution in [1.82, 2.24) is 9.66 Å². The Hall–Kier alpha value is -1.97. The first kappa shape index (κ1) is 14.4. The normalized spacial score (nSPS) is 11.9. The second kappa shape index (κ2) is 4.54. The molecule has 4 heteroatoms. The second-order valence-electron chi connectivity index (χ2n) is 6.56. The van der Waals surface area contributed by atoms with Crippen LogP contribution in [0.4, 0.5) is 5.82 Å². The first-order valence-corrected chi connectivity index (χ1v) is 6.85. The van der Waals surface area contributed by atoms with E-state index < -0.39 is 0 Å². The number of anilines is 1. The van der Waals surface area contributed by atoms with Crippen LogP contribution in [0.25, 0.3) is 11.3 Å². The Labute approximate surface area is 120 Å². The Morgan fingerprint density at radius 3 is 1.95 bits per heavy atom.